The van der Waals surface area contributed by atoms with Crippen molar-refractivity contribution in [2.45, 2.75) is 52.7 Å². The first-order chi connectivity index (χ1) is 18.4. The first kappa shape index (κ1) is 28.1. The minimum atomic E-state index is -0.228. The van der Waals surface area contributed by atoms with E-state index in [0.717, 1.165) is 37.2 Å². The van der Waals surface area contributed by atoms with Crippen molar-refractivity contribution in [3.8, 4) is 0 Å². The summed E-state index contributed by atoms with van der Waals surface area (Å²) in [5.74, 6) is -0.166. The second kappa shape index (κ2) is 13.3. The summed E-state index contributed by atoms with van der Waals surface area (Å²) in [6.07, 6.45) is 3.69. The van der Waals surface area contributed by atoms with Crippen molar-refractivity contribution in [1.29, 1.82) is 0 Å². The number of fused-ring (bicyclic) bond motifs is 1. The lowest BCUT2D eigenvalue weighted by Crippen LogP contribution is -2.39. The second-order valence-electron chi connectivity index (χ2n) is 9.59. The van der Waals surface area contributed by atoms with Crippen LogP contribution in [0.15, 0.2) is 54.7 Å². The zero-order chi connectivity index (χ0) is 27.1. The van der Waals surface area contributed by atoms with Gasteiger partial charge in [0.05, 0.1) is 10.7 Å². The zero-order valence-electron chi connectivity index (χ0n) is 22.1. The molecular weight excluding hydrogens is 521 g/mol. The molecule has 7 nitrogen and oxygen atoms in total. The monoisotopic (exact) mass is 555 g/mol. The van der Waals surface area contributed by atoms with E-state index in [9.17, 15) is 9.59 Å². The van der Waals surface area contributed by atoms with Gasteiger partial charge in [0, 0.05) is 63.5 Å². The molecule has 0 radical (unpaired) electrons. The fraction of sp³-hybridized carbons (Fsp3) is 0.414. The highest BCUT2D eigenvalue weighted by atomic mass is 35.5. The van der Waals surface area contributed by atoms with Crippen LogP contribution in [-0.4, -0.2) is 57.6 Å². The first-order valence-corrected chi connectivity index (χ1v) is 14.0. The van der Waals surface area contributed by atoms with E-state index in [2.05, 4.69) is 22.1 Å². The number of hydrogen-bond acceptors (Lipinski definition) is 4. The Bertz CT molecular complexity index is 1250. The molecule has 0 N–H and O–H groups in total. The fourth-order valence-corrected chi connectivity index (χ4v) is 5.19. The Hall–Kier alpha value is -2.87. The predicted molar refractivity (Wildman–Crippen MR) is 153 cm³/mol. The number of halogens is 2. The molecule has 9 heteroatoms. The van der Waals surface area contributed by atoms with E-state index in [1.807, 2.05) is 55.1 Å². The first-order valence-electron chi connectivity index (χ1n) is 13.3. The van der Waals surface area contributed by atoms with Gasteiger partial charge in [0.15, 0.2) is 5.69 Å². The van der Waals surface area contributed by atoms with E-state index in [1.54, 1.807) is 15.8 Å². The third-order valence-electron chi connectivity index (χ3n) is 6.79. The van der Waals surface area contributed by atoms with E-state index in [4.69, 9.17) is 23.2 Å². The summed E-state index contributed by atoms with van der Waals surface area (Å²) >= 11 is 12.9. The van der Waals surface area contributed by atoms with E-state index in [0.29, 0.717) is 49.2 Å². The molecule has 0 unspecified atom stereocenters. The summed E-state index contributed by atoms with van der Waals surface area (Å²) in [5, 5.41) is 5.33. The Morgan fingerprint density at radius 1 is 0.974 bits per heavy atom. The van der Waals surface area contributed by atoms with E-state index < -0.39 is 0 Å². The third kappa shape index (κ3) is 6.95. The van der Waals surface area contributed by atoms with E-state index in [1.165, 1.54) is 5.56 Å². The summed E-state index contributed by atoms with van der Waals surface area (Å²) < 4.78 is 1.67. The molecule has 1 aliphatic heterocycles. The molecule has 0 fully saturated rings. The van der Waals surface area contributed by atoms with Crippen molar-refractivity contribution in [2.24, 2.45) is 0 Å². The molecule has 0 atom stereocenters. The van der Waals surface area contributed by atoms with Gasteiger partial charge in [-0.15, -0.1) is 0 Å². The smallest absolute Gasteiger partial charge is 0.276 e. The highest BCUT2D eigenvalue weighted by Gasteiger charge is 2.27. The number of nitrogens with zero attached hydrogens (tertiary/aromatic N) is 5. The molecule has 202 valence electrons. The number of carbonyl (C=O) groups excluding carboxylic acids is 2. The van der Waals surface area contributed by atoms with Gasteiger partial charge >= 0.3 is 0 Å². The van der Waals surface area contributed by atoms with Gasteiger partial charge in [-0.2, -0.15) is 5.10 Å². The second-order valence-corrected chi connectivity index (χ2v) is 10.4. The summed E-state index contributed by atoms with van der Waals surface area (Å²) in [5.41, 5.74) is 3.08. The lowest BCUT2D eigenvalue weighted by Gasteiger charge is -2.28. The Kier molecular flexibility index (Phi) is 9.83. The summed E-state index contributed by atoms with van der Waals surface area (Å²) in [6, 6.07) is 15.9. The maximum absolute atomic E-state index is 13.8. The lowest BCUT2D eigenvalue weighted by atomic mass is 10.1. The van der Waals surface area contributed by atoms with Gasteiger partial charge < -0.3 is 9.80 Å². The summed E-state index contributed by atoms with van der Waals surface area (Å²) in [6.45, 7) is 8.19. The molecule has 2 heterocycles. The molecule has 4 rings (SSSR count). The molecule has 1 aromatic heterocycles. The topological polar surface area (TPSA) is 61.7 Å². The van der Waals surface area contributed by atoms with Crippen LogP contribution in [-0.2, 0) is 24.4 Å². The third-order valence-corrected chi connectivity index (χ3v) is 7.30. The largest absolute Gasteiger partial charge is 0.332 e. The van der Waals surface area contributed by atoms with Gasteiger partial charge in [0.25, 0.3) is 5.91 Å². The molecule has 2 amide bonds. The van der Waals surface area contributed by atoms with Crippen LogP contribution in [0.5, 0.6) is 0 Å². The average Bonchev–Trinajstić information content (AvgIpc) is 3.28. The number of rotatable bonds is 6. The van der Waals surface area contributed by atoms with Crippen LogP contribution in [0, 0.1) is 0 Å². The molecule has 2 aromatic carbocycles. The van der Waals surface area contributed by atoms with Gasteiger partial charge in [-0.3, -0.25) is 19.2 Å². The molecule has 0 bridgehead atoms. The van der Waals surface area contributed by atoms with Crippen molar-refractivity contribution < 1.29 is 9.59 Å². The highest BCUT2D eigenvalue weighted by Crippen LogP contribution is 2.29. The molecule has 0 saturated carbocycles. The minimum absolute atomic E-state index is 0.0625. The highest BCUT2D eigenvalue weighted by molar-refractivity contribution is 6.33. The molecule has 0 saturated heterocycles. The van der Waals surface area contributed by atoms with Crippen molar-refractivity contribution in [2.75, 3.05) is 31.1 Å². The van der Waals surface area contributed by atoms with Crippen LogP contribution in [0.3, 0.4) is 0 Å². The van der Waals surface area contributed by atoms with E-state index >= 15 is 0 Å². The normalized spacial score (nSPS) is 15.2. The average molecular weight is 557 g/mol. The molecule has 0 spiro atoms. The van der Waals surface area contributed by atoms with Gasteiger partial charge in [0.2, 0.25) is 5.91 Å². The molecule has 0 aliphatic carbocycles. The number of benzene rings is 2. The summed E-state index contributed by atoms with van der Waals surface area (Å²) in [4.78, 5) is 33.0. The van der Waals surface area contributed by atoms with Crippen molar-refractivity contribution in [1.82, 2.24) is 19.6 Å². The maximum atomic E-state index is 13.8. The molecule has 1 aliphatic rings. The van der Waals surface area contributed by atoms with Gasteiger partial charge in [0.1, 0.15) is 0 Å². The van der Waals surface area contributed by atoms with Crippen LogP contribution in [0.4, 0.5) is 5.69 Å². The Morgan fingerprint density at radius 2 is 1.76 bits per heavy atom. The number of aryl methyl sites for hydroxylation is 1. The minimum Gasteiger partial charge on any atom is -0.332 e. The van der Waals surface area contributed by atoms with Gasteiger partial charge in [-0.25, -0.2) is 0 Å². The number of anilines is 1. The Balaban J connectivity index is 1.71. The number of amides is 2. The molecule has 38 heavy (non-hydrogen) atoms. The van der Waals surface area contributed by atoms with Gasteiger partial charge in [-0.1, -0.05) is 66.5 Å². The SMILES string of the molecule is CCCC(=O)N1CCCN(Cc2ccccc2)CCN(C(=O)c2nn(CC)cc2Cl)Cc2ccc(Cl)cc21. The van der Waals surface area contributed by atoms with Crippen LogP contribution in [0.25, 0.3) is 0 Å². The number of carbonyl (C=O) groups is 2. The quantitative estimate of drug-likeness (QED) is 0.380. The van der Waals surface area contributed by atoms with Gasteiger partial charge in [-0.05, 0) is 43.0 Å². The molecule has 3 aromatic rings. The van der Waals surface area contributed by atoms with Crippen LogP contribution < -0.4 is 4.90 Å². The van der Waals surface area contributed by atoms with Crippen LogP contribution in [0.2, 0.25) is 10.0 Å². The standard InChI is InChI=1S/C29H35Cl2N5O2/c1-3-9-27(37)36-15-8-14-33(19-22-10-6-5-7-11-22)16-17-34(20-23-12-13-24(30)18-26(23)36)29(38)28-25(31)21-35(4-2)32-28/h5-7,10-13,18,21H,3-4,8-9,14-17,19-20H2,1-2H3. The van der Waals surface area contributed by atoms with Crippen molar-refractivity contribution >= 4 is 40.7 Å². The maximum Gasteiger partial charge on any atom is 0.276 e. The summed E-state index contributed by atoms with van der Waals surface area (Å²) in [7, 11) is 0. The van der Waals surface area contributed by atoms with Crippen LogP contribution >= 0.6 is 23.2 Å². The Labute approximate surface area is 234 Å². The molecular formula is C29H35Cl2N5O2. The number of hydrogen-bond donors (Lipinski definition) is 0. The van der Waals surface area contributed by atoms with Crippen molar-refractivity contribution in [3.05, 3.63) is 81.6 Å². The zero-order valence-corrected chi connectivity index (χ0v) is 23.6. The van der Waals surface area contributed by atoms with Crippen LogP contribution in [0.1, 0.15) is 54.7 Å². The van der Waals surface area contributed by atoms with E-state index in [-0.39, 0.29) is 17.5 Å². The van der Waals surface area contributed by atoms with Crippen molar-refractivity contribution in [3.63, 3.8) is 0 Å². The number of aromatic nitrogens is 2. The lowest BCUT2D eigenvalue weighted by molar-refractivity contribution is -0.118. The Morgan fingerprint density at radius 3 is 2.47 bits per heavy atom. The fourth-order valence-electron chi connectivity index (χ4n) is 4.79. The predicted octanol–water partition coefficient (Wildman–Crippen LogP) is 5.89.